The third-order valence-corrected chi connectivity index (χ3v) is 4.51. The Kier molecular flexibility index (Phi) is 6.41. The number of anilines is 1. The highest BCUT2D eigenvalue weighted by Gasteiger charge is 2.15. The molecule has 1 atom stereocenters. The maximum absolute atomic E-state index is 13.9. The molecule has 0 aromatic heterocycles. The second kappa shape index (κ2) is 9.17. The highest BCUT2D eigenvalue weighted by atomic mass is 19.1. The molecule has 0 unspecified atom stereocenters. The van der Waals surface area contributed by atoms with Crippen LogP contribution in [-0.2, 0) is 0 Å². The van der Waals surface area contributed by atoms with Crippen LogP contribution in [0.5, 0.6) is 5.75 Å². The van der Waals surface area contributed by atoms with Gasteiger partial charge < -0.3 is 15.4 Å². The Balaban J connectivity index is 1.68. The van der Waals surface area contributed by atoms with Crippen LogP contribution in [0.4, 0.5) is 14.5 Å². The number of hydrogen-bond acceptors (Lipinski definition) is 3. The van der Waals surface area contributed by atoms with Gasteiger partial charge >= 0.3 is 0 Å². The van der Waals surface area contributed by atoms with Crippen molar-refractivity contribution < 1.29 is 23.1 Å². The quantitative estimate of drug-likeness (QED) is 0.618. The van der Waals surface area contributed by atoms with Crippen LogP contribution in [0.3, 0.4) is 0 Å². The summed E-state index contributed by atoms with van der Waals surface area (Å²) in [6.07, 6.45) is 0. The van der Waals surface area contributed by atoms with E-state index in [2.05, 4.69) is 10.6 Å². The van der Waals surface area contributed by atoms with Crippen molar-refractivity contribution in [3.05, 3.63) is 95.1 Å². The Hall–Kier alpha value is -3.74. The number of carbonyl (C=O) groups is 2. The molecule has 0 aliphatic heterocycles. The van der Waals surface area contributed by atoms with Crippen molar-refractivity contribution in [2.24, 2.45) is 0 Å². The zero-order valence-electron chi connectivity index (χ0n) is 16.4. The lowest BCUT2D eigenvalue weighted by molar-refractivity contribution is 0.0938. The third-order valence-electron chi connectivity index (χ3n) is 4.51. The van der Waals surface area contributed by atoms with Gasteiger partial charge in [0.25, 0.3) is 11.8 Å². The Morgan fingerprint density at radius 2 is 1.63 bits per heavy atom. The van der Waals surface area contributed by atoms with E-state index in [1.807, 2.05) is 0 Å². The van der Waals surface area contributed by atoms with Gasteiger partial charge in [-0.1, -0.05) is 12.1 Å². The maximum Gasteiger partial charge on any atom is 0.255 e. The van der Waals surface area contributed by atoms with Crippen LogP contribution in [0.2, 0.25) is 0 Å². The lowest BCUT2D eigenvalue weighted by Crippen LogP contribution is -2.26. The molecular formula is C23H20F2N2O3. The molecule has 0 heterocycles. The van der Waals surface area contributed by atoms with E-state index in [4.69, 9.17) is 4.74 Å². The number of methoxy groups -OCH3 is 1. The van der Waals surface area contributed by atoms with Gasteiger partial charge in [-0.05, 0) is 67.1 Å². The molecule has 0 saturated carbocycles. The standard InChI is InChI=1S/C23H20F2N2O3/c1-14(16-8-11-21(30-2)20(25)13-16)26-23(29)17-4-3-5-19(12-17)27-22(28)15-6-9-18(24)10-7-15/h3-14H,1-2H3,(H,26,29)(H,27,28)/t14-/m1/s1. The molecular weight excluding hydrogens is 390 g/mol. The molecule has 2 N–H and O–H groups in total. The Labute approximate surface area is 172 Å². The molecule has 3 aromatic rings. The minimum Gasteiger partial charge on any atom is -0.494 e. The average Bonchev–Trinajstić information content (AvgIpc) is 2.74. The van der Waals surface area contributed by atoms with E-state index in [-0.39, 0.29) is 11.7 Å². The van der Waals surface area contributed by atoms with Gasteiger partial charge in [-0.15, -0.1) is 0 Å². The van der Waals surface area contributed by atoms with E-state index in [9.17, 15) is 18.4 Å². The Morgan fingerprint density at radius 3 is 2.30 bits per heavy atom. The number of hydrogen-bond donors (Lipinski definition) is 2. The van der Waals surface area contributed by atoms with Gasteiger partial charge in [-0.3, -0.25) is 9.59 Å². The zero-order valence-corrected chi connectivity index (χ0v) is 16.4. The van der Waals surface area contributed by atoms with E-state index in [0.29, 0.717) is 22.4 Å². The van der Waals surface area contributed by atoms with Gasteiger partial charge in [0.15, 0.2) is 11.6 Å². The summed E-state index contributed by atoms with van der Waals surface area (Å²) in [5, 5.41) is 5.47. The van der Waals surface area contributed by atoms with Crippen molar-refractivity contribution >= 4 is 17.5 Å². The van der Waals surface area contributed by atoms with Crippen LogP contribution in [0.15, 0.2) is 66.7 Å². The predicted octanol–water partition coefficient (Wildman–Crippen LogP) is 4.72. The van der Waals surface area contributed by atoms with Crippen LogP contribution in [0.25, 0.3) is 0 Å². The van der Waals surface area contributed by atoms with E-state index in [0.717, 1.165) is 0 Å². The van der Waals surface area contributed by atoms with Crippen LogP contribution >= 0.6 is 0 Å². The van der Waals surface area contributed by atoms with E-state index in [1.54, 1.807) is 31.2 Å². The molecule has 2 amide bonds. The van der Waals surface area contributed by atoms with Crippen molar-refractivity contribution in [1.29, 1.82) is 0 Å². The predicted molar refractivity (Wildman–Crippen MR) is 110 cm³/mol. The highest BCUT2D eigenvalue weighted by molar-refractivity contribution is 6.05. The first kappa shape index (κ1) is 21.0. The molecule has 154 valence electrons. The minimum absolute atomic E-state index is 0.127. The van der Waals surface area contributed by atoms with Gasteiger partial charge in [0.05, 0.1) is 13.2 Å². The summed E-state index contributed by atoms with van der Waals surface area (Å²) in [4.78, 5) is 24.9. The summed E-state index contributed by atoms with van der Waals surface area (Å²) in [5.41, 5.74) is 1.62. The fraction of sp³-hybridized carbons (Fsp3) is 0.130. The molecule has 0 saturated heterocycles. The topological polar surface area (TPSA) is 67.4 Å². The van der Waals surface area contributed by atoms with Crippen molar-refractivity contribution in [3.8, 4) is 5.75 Å². The number of carbonyl (C=O) groups excluding carboxylic acids is 2. The fourth-order valence-corrected chi connectivity index (χ4v) is 2.86. The molecule has 3 aromatic carbocycles. The first-order valence-electron chi connectivity index (χ1n) is 9.18. The van der Waals surface area contributed by atoms with E-state index >= 15 is 0 Å². The molecule has 0 spiro atoms. The van der Waals surface area contributed by atoms with Crippen molar-refractivity contribution in [3.63, 3.8) is 0 Å². The maximum atomic E-state index is 13.9. The third kappa shape index (κ3) is 5.00. The SMILES string of the molecule is COc1ccc([C@@H](C)NC(=O)c2cccc(NC(=O)c3ccc(F)cc3)c2)cc1F. The molecule has 5 nitrogen and oxygen atoms in total. The number of benzene rings is 3. The second-order valence-corrected chi connectivity index (χ2v) is 6.63. The molecule has 0 aliphatic carbocycles. The molecule has 0 aliphatic rings. The number of ether oxygens (including phenoxy) is 1. The second-order valence-electron chi connectivity index (χ2n) is 6.63. The zero-order chi connectivity index (χ0) is 21.7. The van der Waals surface area contributed by atoms with Crippen molar-refractivity contribution in [2.45, 2.75) is 13.0 Å². The molecule has 0 fully saturated rings. The monoisotopic (exact) mass is 410 g/mol. The number of amides is 2. The number of halogens is 2. The molecule has 3 rings (SSSR count). The summed E-state index contributed by atoms with van der Waals surface area (Å²) in [6.45, 7) is 1.74. The van der Waals surface area contributed by atoms with Crippen LogP contribution in [-0.4, -0.2) is 18.9 Å². The summed E-state index contributed by atoms with van der Waals surface area (Å²) >= 11 is 0. The number of nitrogens with one attached hydrogen (secondary N) is 2. The summed E-state index contributed by atoms with van der Waals surface area (Å²) in [5.74, 6) is -1.62. The Morgan fingerprint density at radius 1 is 0.900 bits per heavy atom. The van der Waals surface area contributed by atoms with Gasteiger partial charge in [0.1, 0.15) is 5.82 Å². The largest absolute Gasteiger partial charge is 0.494 e. The van der Waals surface area contributed by atoms with Gasteiger partial charge in [-0.25, -0.2) is 8.78 Å². The van der Waals surface area contributed by atoms with Gasteiger partial charge in [0.2, 0.25) is 0 Å². The molecule has 30 heavy (non-hydrogen) atoms. The minimum atomic E-state index is -0.512. The van der Waals surface area contributed by atoms with Gasteiger partial charge in [-0.2, -0.15) is 0 Å². The smallest absolute Gasteiger partial charge is 0.255 e. The average molecular weight is 410 g/mol. The first-order valence-corrected chi connectivity index (χ1v) is 9.18. The lowest BCUT2D eigenvalue weighted by atomic mass is 10.1. The summed E-state index contributed by atoms with van der Waals surface area (Å²) in [7, 11) is 1.38. The first-order chi connectivity index (χ1) is 14.4. The fourth-order valence-electron chi connectivity index (χ4n) is 2.86. The van der Waals surface area contributed by atoms with Crippen molar-refractivity contribution in [2.75, 3.05) is 12.4 Å². The van der Waals surface area contributed by atoms with Crippen LogP contribution in [0.1, 0.15) is 39.2 Å². The summed E-state index contributed by atoms with van der Waals surface area (Å²) in [6, 6.07) is 15.6. The number of rotatable bonds is 6. The van der Waals surface area contributed by atoms with E-state index < -0.39 is 23.6 Å². The van der Waals surface area contributed by atoms with E-state index in [1.165, 1.54) is 49.6 Å². The molecule has 7 heteroatoms. The highest BCUT2D eigenvalue weighted by Crippen LogP contribution is 2.22. The lowest BCUT2D eigenvalue weighted by Gasteiger charge is -2.16. The van der Waals surface area contributed by atoms with Crippen LogP contribution < -0.4 is 15.4 Å². The Bertz CT molecular complexity index is 1070. The molecule has 0 radical (unpaired) electrons. The van der Waals surface area contributed by atoms with Crippen molar-refractivity contribution in [1.82, 2.24) is 5.32 Å². The molecule has 0 bridgehead atoms. The van der Waals surface area contributed by atoms with Crippen LogP contribution in [0, 0.1) is 11.6 Å². The normalized spacial score (nSPS) is 11.5. The van der Waals surface area contributed by atoms with Gasteiger partial charge in [0, 0.05) is 16.8 Å². The summed E-state index contributed by atoms with van der Waals surface area (Å²) < 4.78 is 31.8.